The molecule has 0 aromatic carbocycles. The van der Waals surface area contributed by atoms with E-state index in [0.29, 0.717) is 5.92 Å². The molecule has 1 aliphatic carbocycles. The molecule has 0 aromatic heterocycles. The molecule has 0 radical (unpaired) electrons. The summed E-state index contributed by atoms with van der Waals surface area (Å²) in [4.78, 5) is 0. The van der Waals surface area contributed by atoms with E-state index in [2.05, 4.69) is 59.9 Å². The highest BCUT2D eigenvalue weighted by molar-refractivity contribution is 6.74. The first-order valence-electron chi connectivity index (χ1n) is 7.22. The largest absolute Gasteiger partial charge is 0.547 e. The van der Waals surface area contributed by atoms with E-state index in [-0.39, 0.29) is 5.04 Å². The maximum absolute atomic E-state index is 6.41. The maximum Gasteiger partial charge on any atom is 0.250 e. The zero-order valence-electron chi connectivity index (χ0n) is 13.3. The molecule has 0 spiro atoms. The van der Waals surface area contributed by atoms with Gasteiger partial charge in [-0.1, -0.05) is 40.7 Å². The molecule has 0 amide bonds. The number of hydrogen-bond acceptors (Lipinski definition) is 1. The molecule has 0 aliphatic heterocycles. The summed E-state index contributed by atoms with van der Waals surface area (Å²) in [7, 11) is -1.66. The number of allylic oxidation sites excluding steroid dienone is 4. The van der Waals surface area contributed by atoms with Crippen LogP contribution in [0.1, 0.15) is 53.9 Å². The third-order valence-corrected chi connectivity index (χ3v) is 8.36. The van der Waals surface area contributed by atoms with Crippen molar-refractivity contribution >= 4 is 8.32 Å². The molecule has 0 saturated carbocycles. The monoisotopic (exact) mass is 266 g/mol. The van der Waals surface area contributed by atoms with Crippen molar-refractivity contribution in [3.05, 3.63) is 23.5 Å². The van der Waals surface area contributed by atoms with Crippen molar-refractivity contribution in [2.24, 2.45) is 5.92 Å². The highest BCUT2D eigenvalue weighted by Crippen LogP contribution is 2.39. The van der Waals surface area contributed by atoms with Crippen LogP contribution < -0.4 is 0 Å². The van der Waals surface area contributed by atoms with E-state index in [1.165, 1.54) is 24.2 Å². The third-order valence-electron chi connectivity index (χ3n) is 3.97. The Balaban J connectivity index is 2.82. The van der Waals surface area contributed by atoms with Gasteiger partial charge < -0.3 is 4.43 Å². The standard InChI is InChI=1S/C16H30OSi/c1-13(2)11-14-9-8-10-15(12-14)17-18(6,7)16(3,4)5/h11-13H,8-10H2,1-7H3/b14-11-. The lowest BCUT2D eigenvalue weighted by Gasteiger charge is -2.38. The molecule has 18 heavy (non-hydrogen) atoms. The zero-order valence-corrected chi connectivity index (χ0v) is 14.3. The van der Waals surface area contributed by atoms with Crippen LogP contribution in [0, 0.1) is 5.92 Å². The Morgan fingerprint density at radius 2 is 1.83 bits per heavy atom. The van der Waals surface area contributed by atoms with Gasteiger partial charge in [0.1, 0.15) is 0 Å². The molecule has 0 saturated heterocycles. The molecule has 0 atom stereocenters. The average Bonchev–Trinajstić information content (AvgIpc) is 2.14. The first-order valence-corrected chi connectivity index (χ1v) is 10.1. The van der Waals surface area contributed by atoms with E-state index in [0.717, 1.165) is 6.42 Å². The molecule has 0 N–H and O–H groups in total. The molecule has 0 aromatic rings. The number of hydrogen-bond donors (Lipinski definition) is 0. The second-order valence-electron chi connectivity index (χ2n) is 7.31. The molecule has 1 nitrogen and oxygen atoms in total. The van der Waals surface area contributed by atoms with E-state index >= 15 is 0 Å². The van der Waals surface area contributed by atoms with Gasteiger partial charge in [0.2, 0.25) is 8.32 Å². The second kappa shape index (κ2) is 5.64. The minimum atomic E-state index is -1.66. The fraction of sp³-hybridized carbons (Fsp3) is 0.750. The van der Waals surface area contributed by atoms with Crippen molar-refractivity contribution in [2.45, 2.75) is 72.0 Å². The Kier molecular flexibility index (Phi) is 4.88. The van der Waals surface area contributed by atoms with Crippen molar-refractivity contribution in [1.82, 2.24) is 0 Å². The fourth-order valence-corrected chi connectivity index (χ4v) is 3.06. The SMILES string of the molecule is CC(C)/C=C1\C=C(O[Si](C)(C)C(C)(C)C)CCC1. The quantitative estimate of drug-likeness (QED) is 0.599. The van der Waals surface area contributed by atoms with Crippen molar-refractivity contribution in [3.8, 4) is 0 Å². The molecule has 0 heterocycles. The summed E-state index contributed by atoms with van der Waals surface area (Å²) in [5.74, 6) is 1.85. The molecular formula is C16H30OSi. The Morgan fingerprint density at radius 3 is 2.33 bits per heavy atom. The van der Waals surface area contributed by atoms with Gasteiger partial charge in [0, 0.05) is 6.42 Å². The van der Waals surface area contributed by atoms with Gasteiger partial charge in [-0.3, -0.25) is 0 Å². The van der Waals surface area contributed by atoms with Crippen LogP contribution in [0.15, 0.2) is 23.5 Å². The summed E-state index contributed by atoms with van der Waals surface area (Å²) in [5, 5.41) is 0.285. The van der Waals surface area contributed by atoms with Gasteiger partial charge in [-0.2, -0.15) is 0 Å². The topological polar surface area (TPSA) is 9.23 Å². The predicted octanol–water partition coefficient (Wildman–Crippen LogP) is 5.66. The molecule has 0 fully saturated rings. The lowest BCUT2D eigenvalue weighted by atomic mass is 9.98. The normalized spacial score (nSPS) is 20.2. The lowest BCUT2D eigenvalue weighted by molar-refractivity contribution is 0.358. The van der Waals surface area contributed by atoms with E-state index < -0.39 is 8.32 Å². The second-order valence-corrected chi connectivity index (χ2v) is 12.0. The van der Waals surface area contributed by atoms with Gasteiger partial charge in [0.25, 0.3) is 0 Å². The van der Waals surface area contributed by atoms with Crippen LogP contribution in [0.5, 0.6) is 0 Å². The lowest BCUT2D eigenvalue weighted by Crippen LogP contribution is -2.40. The predicted molar refractivity (Wildman–Crippen MR) is 83.1 cm³/mol. The van der Waals surface area contributed by atoms with Crippen molar-refractivity contribution < 1.29 is 4.43 Å². The molecule has 1 aliphatic rings. The summed E-state index contributed by atoms with van der Waals surface area (Å²) >= 11 is 0. The van der Waals surface area contributed by atoms with Gasteiger partial charge >= 0.3 is 0 Å². The van der Waals surface area contributed by atoms with Crippen LogP contribution in [0.25, 0.3) is 0 Å². The van der Waals surface area contributed by atoms with Crippen molar-refractivity contribution in [1.29, 1.82) is 0 Å². The van der Waals surface area contributed by atoms with Gasteiger partial charge in [-0.15, -0.1) is 0 Å². The Hall–Kier alpha value is -0.503. The zero-order chi connectivity index (χ0) is 14.0. The molecule has 0 unspecified atom stereocenters. The fourth-order valence-electron chi connectivity index (χ4n) is 1.94. The van der Waals surface area contributed by atoms with Crippen molar-refractivity contribution in [2.75, 3.05) is 0 Å². The van der Waals surface area contributed by atoms with Gasteiger partial charge in [0.15, 0.2) is 0 Å². The Labute approximate surface area is 114 Å². The van der Waals surface area contributed by atoms with Crippen LogP contribution in [-0.2, 0) is 4.43 Å². The molecule has 0 bridgehead atoms. The van der Waals surface area contributed by atoms with Gasteiger partial charge in [-0.05, 0) is 48.5 Å². The van der Waals surface area contributed by atoms with Crippen LogP contribution >= 0.6 is 0 Å². The third kappa shape index (κ3) is 4.31. The summed E-state index contributed by atoms with van der Waals surface area (Å²) in [6, 6.07) is 0. The average molecular weight is 267 g/mol. The molecular weight excluding hydrogens is 236 g/mol. The van der Waals surface area contributed by atoms with E-state index in [1.807, 2.05) is 0 Å². The minimum absolute atomic E-state index is 0.285. The van der Waals surface area contributed by atoms with Gasteiger partial charge in [-0.25, -0.2) is 0 Å². The molecule has 2 heteroatoms. The maximum atomic E-state index is 6.41. The Morgan fingerprint density at radius 1 is 1.22 bits per heavy atom. The summed E-state index contributed by atoms with van der Waals surface area (Å²) in [6.45, 7) is 16.0. The van der Waals surface area contributed by atoms with Crippen LogP contribution in [0.3, 0.4) is 0 Å². The summed E-state index contributed by atoms with van der Waals surface area (Å²) < 4.78 is 6.41. The smallest absolute Gasteiger partial charge is 0.250 e. The van der Waals surface area contributed by atoms with Crippen LogP contribution in [-0.4, -0.2) is 8.32 Å². The van der Waals surface area contributed by atoms with Crippen LogP contribution in [0.4, 0.5) is 0 Å². The van der Waals surface area contributed by atoms with E-state index in [1.54, 1.807) is 0 Å². The minimum Gasteiger partial charge on any atom is -0.547 e. The van der Waals surface area contributed by atoms with E-state index in [9.17, 15) is 0 Å². The first kappa shape index (κ1) is 15.6. The van der Waals surface area contributed by atoms with Crippen molar-refractivity contribution in [3.63, 3.8) is 0 Å². The highest BCUT2D eigenvalue weighted by Gasteiger charge is 2.39. The Bertz CT molecular complexity index is 343. The summed E-state index contributed by atoms with van der Waals surface area (Å²) in [5.41, 5.74) is 1.46. The van der Waals surface area contributed by atoms with E-state index in [4.69, 9.17) is 4.43 Å². The first-order chi connectivity index (χ1) is 8.12. The summed E-state index contributed by atoms with van der Waals surface area (Å²) in [6.07, 6.45) is 8.22. The highest BCUT2D eigenvalue weighted by atomic mass is 28.4. The number of rotatable bonds is 3. The molecule has 1 rings (SSSR count). The van der Waals surface area contributed by atoms with Crippen LogP contribution in [0.2, 0.25) is 18.1 Å². The molecule has 104 valence electrons. The van der Waals surface area contributed by atoms with Gasteiger partial charge in [0.05, 0.1) is 5.76 Å².